The van der Waals surface area contributed by atoms with Crippen molar-refractivity contribution < 1.29 is 8.42 Å². The van der Waals surface area contributed by atoms with Crippen LogP contribution in [0.25, 0.3) is 0 Å². The fraction of sp³-hybridized carbons (Fsp3) is 0.583. The third-order valence-electron chi connectivity index (χ3n) is 3.25. The van der Waals surface area contributed by atoms with Gasteiger partial charge in [0.25, 0.3) is 0 Å². The highest BCUT2D eigenvalue weighted by Gasteiger charge is 2.30. The maximum Gasteiger partial charge on any atom is 0.154 e. The summed E-state index contributed by atoms with van der Waals surface area (Å²) in [6, 6.07) is 3.63. The summed E-state index contributed by atoms with van der Waals surface area (Å²) in [6.45, 7) is 4.31. The van der Waals surface area contributed by atoms with Crippen LogP contribution in [0, 0.1) is 0 Å². The van der Waals surface area contributed by atoms with Crippen molar-refractivity contribution in [3.05, 3.63) is 23.9 Å². The molecule has 1 aliphatic rings. The van der Waals surface area contributed by atoms with E-state index in [1.807, 2.05) is 30.9 Å². The first-order valence-corrected chi connectivity index (χ1v) is 7.90. The Kier molecular flexibility index (Phi) is 3.59. The van der Waals surface area contributed by atoms with Crippen molar-refractivity contribution in [2.75, 3.05) is 23.0 Å². The van der Waals surface area contributed by atoms with E-state index in [1.54, 1.807) is 6.20 Å². The van der Waals surface area contributed by atoms with Gasteiger partial charge in [-0.1, -0.05) is 6.07 Å². The fourth-order valence-corrected chi connectivity index (χ4v) is 3.87. The molecule has 2 heterocycles. The Labute approximate surface area is 108 Å². The van der Waals surface area contributed by atoms with Gasteiger partial charge in [-0.25, -0.2) is 13.4 Å². The molecule has 6 heteroatoms. The zero-order chi connectivity index (χ0) is 13.3. The van der Waals surface area contributed by atoms with Gasteiger partial charge >= 0.3 is 0 Å². The first kappa shape index (κ1) is 13.3. The van der Waals surface area contributed by atoms with Gasteiger partial charge in [0.1, 0.15) is 5.82 Å². The molecule has 18 heavy (non-hydrogen) atoms. The Bertz CT molecular complexity index is 528. The van der Waals surface area contributed by atoms with Gasteiger partial charge < -0.3 is 10.6 Å². The summed E-state index contributed by atoms with van der Waals surface area (Å²) in [7, 11) is -2.91. The van der Waals surface area contributed by atoms with Gasteiger partial charge in [-0.15, -0.1) is 0 Å². The van der Waals surface area contributed by atoms with Crippen LogP contribution in [-0.2, 0) is 9.84 Å². The molecule has 0 bridgehead atoms. The summed E-state index contributed by atoms with van der Waals surface area (Å²) in [4.78, 5) is 6.41. The Morgan fingerprint density at radius 3 is 2.89 bits per heavy atom. The molecular weight excluding hydrogens is 250 g/mol. The van der Waals surface area contributed by atoms with Gasteiger partial charge in [-0.2, -0.15) is 0 Å². The van der Waals surface area contributed by atoms with Crippen molar-refractivity contribution in [3.8, 4) is 0 Å². The second-order valence-electron chi connectivity index (χ2n) is 4.86. The fourth-order valence-electron chi connectivity index (χ4n) is 2.32. The lowest BCUT2D eigenvalue weighted by Crippen LogP contribution is -2.47. The van der Waals surface area contributed by atoms with Gasteiger partial charge in [-0.3, -0.25) is 0 Å². The van der Waals surface area contributed by atoms with Crippen LogP contribution in [0.1, 0.15) is 25.5 Å². The van der Waals surface area contributed by atoms with Crippen LogP contribution < -0.4 is 10.6 Å². The molecule has 0 aromatic carbocycles. The Hall–Kier alpha value is -1.14. The average Bonchev–Trinajstić information content (AvgIpc) is 2.28. The summed E-state index contributed by atoms with van der Waals surface area (Å²) in [5.74, 6) is 1.18. The molecule has 0 aliphatic carbocycles. The number of hydrogen-bond donors (Lipinski definition) is 1. The smallest absolute Gasteiger partial charge is 0.154 e. The minimum absolute atomic E-state index is 0.0591. The van der Waals surface area contributed by atoms with E-state index < -0.39 is 9.84 Å². The van der Waals surface area contributed by atoms with E-state index in [0.717, 1.165) is 11.4 Å². The molecule has 0 amide bonds. The third-order valence-corrected chi connectivity index (χ3v) is 5.04. The second kappa shape index (κ2) is 4.85. The molecule has 1 fully saturated rings. The normalized spacial score (nSPS) is 24.8. The molecular formula is C12H19N3O2S. The van der Waals surface area contributed by atoms with Crippen molar-refractivity contribution in [2.45, 2.75) is 25.9 Å². The van der Waals surface area contributed by atoms with Crippen LogP contribution in [0.15, 0.2) is 18.3 Å². The standard InChI is InChI=1S/C12H19N3O2S/c1-9-8-18(16,17)7-6-15(9)12-11(10(2)13)4-3-5-14-12/h3-5,9-10H,6-8,13H2,1-2H3. The molecule has 2 unspecified atom stereocenters. The van der Waals surface area contributed by atoms with E-state index in [4.69, 9.17) is 5.73 Å². The monoisotopic (exact) mass is 269 g/mol. The maximum atomic E-state index is 11.6. The number of sulfone groups is 1. The van der Waals surface area contributed by atoms with Crippen LogP contribution in [-0.4, -0.2) is 37.5 Å². The Balaban J connectivity index is 2.33. The number of rotatable bonds is 2. The second-order valence-corrected chi connectivity index (χ2v) is 7.09. The summed E-state index contributed by atoms with van der Waals surface area (Å²) < 4.78 is 23.2. The number of aromatic nitrogens is 1. The molecule has 2 atom stereocenters. The summed E-state index contributed by atoms with van der Waals surface area (Å²) in [6.07, 6.45) is 1.72. The lowest BCUT2D eigenvalue weighted by molar-refractivity contribution is 0.565. The number of nitrogens with zero attached hydrogens (tertiary/aromatic N) is 2. The van der Waals surface area contributed by atoms with Crippen LogP contribution in [0.3, 0.4) is 0 Å². The summed E-state index contributed by atoms with van der Waals surface area (Å²) in [5, 5.41) is 0. The molecule has 100 valence electrons. The minimum Gasteiger partial charge on any atom is -0.352 e. The lowest BCUT2D eigenvalue weighted by Gasteiger charge is -2.35. The van der Waals surface area contributed by atoms with Crippen LogP contribution in [0.4, 0.5) is 5.82 Å². The minimum atomic E-state index is -2.91. The zero-order valence-electron chi connectivity index (χ0n) is 10.7. The van der Waals surface area contributed by atoms with E-state index in [-0.39, 0.29) is 23.6 Å². The molecule has 1 aliphatic heterocycles. The first-order chi connectivity index (χ1) is 8.41. The first-order valence-electron chi connectivity index (χ1n) is 6.08. The molecule has 0 saturated carbocycles. The average molecular weight is 269 g/mol. The quantitative estimate of drug-likeness (QED) is 0.856. The number of nitrogens with two attached hydrogens (primary N) is 1. The van der Waals surface area contributed by atoms with E-state index >= 15 is 0 Å². The maximum absolute atomic E-state index is 11.6. The van der Waals surface area contributed by atoms with Crippen molar-refractivity contribution in [3.63, 3.8) is 0 Å². The lowest BCUT2D eigenvalue weighted by atomic mass is 10.1. The summed E-state index contributed by atoms with van der Waals surface area (Å²) >= 11 is 0. The highest BCUT2D eigenvalue weighted by Crippen LogP contribution is 2.26. The van der Waals surface area contributed by atoms with Crippen LogP contribution in [0.5, 0.6) is 0 Å². The predicted molar refractivity (Wildman–Crippen MR) is 72.3 cm³/mol. The largest absolute Gasteiger partial charge is 0.352 e. The molecule has 5 nitrogen and oxygen atoms in total. The number of pyridine rings is 1. The van der Waals surface area contributed by atoms with Crippen molar-refractivity contribution in [2.24, 2.45) is 5.73 Å². The highest BCUT2D eigenvalue weighted by molar-refractivity contribution is 7.91. The van der Waals surface area contributed by atoms with Gasteiger partial charge in [-0.05, 0) is 19.9 Å². The highest BCUT2D eigenvalue weighted by atomic mass is 32.2. The predicted octanol–water partition coefficient (Wildman–Crippen LogP) is 0.725. The van der Waals surface area contributed by atoms with E-state index in [2.05, 4.69) is 4.98 Å². The molecule has 1 aromatic rings. The van der Waals surface area contributed by atoms with E-state index in [0.29, 0.717) is 6.54 Å². The van der Waals surface area contributed by atoms with Gasteiger partial charge in [0.15, 0.2) is 9.84 Å². The van der Waals surface area contributed by atoms with Crippen molar-refractivity contribution in [1.82, 2.24) is 4.98 Å². The molecule has 0 spiro atoms. The molecule has 1 saturated heterocycles. The molecule has 2 rings (SSSR count). The van der Waals surface area contributed by atoms with Gasteiger partial charge in [0, 0.05) is 30.4 Å². The van der Waals surface area contributed by atoms with Gasteiger partial charge in [0.05, 0.1) is 11.5 Å². The molecule has 2 N–H and O–H groups in total. The summed E-state index contributed by atoms with van der Waals surface area (Å²) in [5.41, 5.74) is 6.90. The van der Waals surface area contributed by atoms with Crippen LogP contribution in [0.2, 0.25) is 0 Å². The van der Waals surface area contributed by atoms with Crippen molar-refractivity contribution in [1.29, 1.82) is 0 Å². The SMILES string of the molecule is CC(N)c1cccnc1N1CCS(=O)(=O)CC1C. The van der Waals surface area contributed by atoms with E-state index in [1.165, 1.54) is 0 Å². The van der Waals surface area contributed by atoms with Crippen LogP contribution >= 0.6 is 0 Å². The number of hydrogen-bond acceptors (Lipinski definition) is 5. The van der Waals surface area contributed by atoms with Crippen molar-refractivity contribution >= 4 is 15.7 Å². The zero-order valence-corrected chi connectivity index (χ0v) is 11.5. The third kappa shape index (κ3) is 2.64. The Morgan fingerprint density at radius 2 is 2.28 bits per heavy atom. The van der Waals surface area contributed by atoms with Gasteiger partial charge in [0.2, 0.25) is 0 Å². The number of anilines is 1. The topological polar surface area (TPSA) is 76.3 Å². The van der Waals surface area contributed by atoms with E-state index in [9.17, 15) is 8.42 Å². The Morgan fingerprint density at radius 1 is 1.56 bits per heavy atom. The molecule has 1 aromatic heterocycles. The molecule has 0 radical (unpaired) electrons.